The van der Waals surface area contributed by atoms with Crippen LogP contribution < -0.4 is 4.74 Å². The Labute approximate surface area is 128 Å². The fourth-order valence-corrected chi connectivity index (χ4v) is 2.95. The second-order valence-electron chi connectivity index (χ2n) is 4.96. The second kappa shape index (κ2) is 6.72. The number of rotatable bonds is 6. The summed E-state index contributed by atoms with van der Waals surface area (Å²) in [5, 5.41) is 11.3. The molecule has 0 fully saturated rings. The molecule has 1 N–H and O–H groups in total. The van der Waals surface area contributed by atoms with Crippen molar-refractivity contribution in [2.75, 3.05) is 7.11 Å². The first kappa shape index (κ1) is 15.5. The van der Waals surface area contributed by atoms with Gasteiger partial charge in [0, 0.05) is 10.9 Å². The van der Waals surface area contributed by atoms with Crippen LogP contribution in [-0.4, -0.2) is 23.2 Å². The van der Waals surface area contributed by atoms with Gasteiger partial charge in [-0.15, -0.1) is 11.3 Å². The van der Waals surface area contributed by atoms with E-state index in [1.54, 1.807) is 7.11 Å². The molecule has 0 aliphatic heterocycles. The molecule has 1 heterocycles. The summed E-state index contributed by atoms with van der Waals surface area (Å²) >= 11 is 1.38. The molecule has 0 saturated heterocycles. The molecule has 0 saturated carbocycles. The highest BCUT2D eigenvalue weighted by molar-refractivity contribution is 7.10. The summed E-state index contributed by atoms with van der Waals surface area (Å²) in [5.41, 5.74) is 2.98. The van der Waals surface area contributed by atoms with E-state index in [1.807, 2.05) is 17.5 Å². The number of aromatic nitrogens is 1. The first-order chi connectivity index (χ1) is 10.0. The van der Waals surface area contributed by atoms with Crippen molar-refractivity contribution in [3.8, 4) is 17.0 Å². The Hall–Kier alpha value is -1.88. The molecular weight excluding hydrogens is 286 g/mol. The number of methoxy groups -OCH3 is 1. The van der Waals surface area contributed by atoms with Crippen LogP contribution in [-0.2, 0) is 11.2 Å². The van der Waals surface area contributed by atoms with E-state index in [9.17, 15) is 4.79 Å². The molecule has 0 aliphatic rings. The molecule has 1 aromatic carbocycles. The number of ether oxygens (including phenoxy) is 1. The molecule has 0 spiro atoms. The van der Waals surface area contributed by atoms with Gasteiger partial charge < -0.3 is 9.84 Å². The fourth-order valence-electron chi connectivity index (χ4n) is 2.15. The number of thiazole rings is 1. The topological polar surface area (TPSA) is 59.4 Å². The van der Waals surface area contributed by atoms with Crippen molar-refractivity contribution in [1.82, 2.24) is 4.98 Å². The number of hydrogen-bond acceptors (Lipinski definition) is 4. The largest absolute Gasteiger partial charge is 0.496 e. The molecule has 0 radical (unpaired) electrons. The van der Waals surface area contributed by atoms with Crippen molar-refractivity contribution >= 4 is 17.3 Å². The number of carboxylic acid groups (broad SMARTS) is 1. The Morgan fingerprint density at radius 2 is 2.24 bits per heavy atom. The standard InChI is InChI=1S/C16H19NO3S/c1-4-10(2)12-7-11(5-6-14(12)20-3)13-9-21-15(17-13)8-16(18)19/h5-7,9-10H,4,8H2,1-3H3,(H,18,19). The van der Waals surface area contributed by atoms with Crippen molar-refractivity contribution in [3.63, 3.8) is 0 Å². The normalized spacial score (nSPS) is 12.1. The Bertz CT molecular complexity index is 636. The highest BCUT2D eigenvalue weighted by atomic mass is 32.1. The molecule has 0 aliphatic carbocycles. The quantitative estimate of drug-likeness (QED) is 0.877. The number of nitrogens with zero attached hydrogens (tertiary/aromatic N) is 1. The molecular formula is C16H19NO3S. The molecule has 5 heteroatoms. The van der Waals surface area contributed by atoms with Crippen LogP contribution in [0.3, 0.4) is 0 Å². The third-order valence-corrected chi connectivity index (χ3v) is 4.37. The fraction of sp³-hybridized carbons (Fsp3) is 0.375. The number of carboxylic acids is 1. The first-order valence-corrected chi connectivity index (χ1v) is 7.77. The summed E-state index contributed by atoms with van der Waals surface area (Å²) in [6.45, 7) is 4.31. The smallest absolute Gasteiger partial charge is 0.310 e. The van der Waals surface area contributed by atoms with Gasteiger partial charge in [-0.1, -0.05) is 13.8 Å². The zero-order valence-electron chi connectivity index (χ0n) is 12.4. The molecule has 1 aromatic heterocycles. The molecule has 2 rings (SSSR count). The summed E-state index contributed by atoms with van der Waals surface area (Å²) in [4.78, 5) is 15.1. The number of aliphatic carboxylic acids is 1. The third kappa shape index (κ3) is 3.61. The zero-order valence-corrected chi connectivity index (χ0v) is 13.2. The van der Waals surface area contributed by atoms with Crippen LogP contribution in [0.1, 0.15) is 36.8 Å². The summed E-state index contributed by atoms with van der Waals surface area (Å²) in [6, 6.07) is 6.00. The number of carbonyl (C=O) groups is 1. The van der Waals surface area contributed by atoms with Crippen molar-refractivity contribution < 1.29 is 14.6 Å². The van der Waals surface area contributed by atoms with Crippen molar-refractivity contribution in [2.45, 2.75) is 32.6 Å². The van der Waals surface area contributed by atoms with Crippen LogP contribution in [0.2, 0.25) is 0 Å². The van der Waals surface area contributed by atoms with Gasteiger partial charge in [-0.05, 0) is 36.1 Å². The Balaban J connectivity index is 2.35. The second-order valence-corrected chi connectivity index (χ2v) is 5.91. The van der Waals surface area contributed by atoms with E-state index in [1.165, 1.54) is 11.3 Å². The number of benzene rings is 1. The Morgan fingerprint density at radius 1 is 1.48 bits per heavy atom. The zero-order chi connectivity index (χ0) is 15.4. The predicted octanol–water partition coefficient (Wildman–Crippen LogP) is 3.96. The summed E-state index contributed by atoms with van der Waals surface area (Å²) in [7, 11) is 1.68. The van der Waals surface area contributed by atoms with Gasteiger partial charge in [0.2, 0.25) is 0 Å². The van der Waals surface area contributed by atoms with Crippen LogP contribution in [0.5, 0.6) is 5.75 Å². The van der Waals surface area contributed by atoms with E-state index in [-0.39, 0.29) is 6.42 Å². The summed E-state index contributed by atoms with van der Waals surface area (Å²) in [5.74, 6) is 0.428. The lowest BCUT2D eigenvalue weighted by Gasteiger charge is -2.15. The molecule has 1 atom stereocenters. The van der Waals surface area contributed by atoms with Crippen LogP contribution >= 0.6 is 11.3 Å². The van der Waals surface area contributed by atoms with Crippen LogP contribution in [0.4, 0.5) is 0 Å². The van der Waals surface area contributed by atoms with E-state index in [0.29, 0.717) is 10.9 Å². The van der Waals surface area contributed by atoms with Crippen molar-refractivity contribution in [3.05, 3.63) is 34.2 Å². The van der Waals surface area contributed by atoms with Gasteiger partial charge in [-0.3, -0.25) is 4.79 Å². The van der Waals surface area contributed by atoms with Crippen molar-refractivity contribution in [1.29, 1.82) is 0 Å². The van der Waals surface area contributed by atoms with Gasteiger partial charge in [0.1, 0.15) is 10.8 Å². The summed E-state index contributed by atoms with van der Waals surface area (Å²) in [6.07, 6.45) is 1.00. The van der Waals surface area contributed by atoms with Gasteiger partial charge in [0.05, 0.1) is 19.2 Å². The summed E-state index contributed by atoms with van der Waals surface area (Å²) < 4.78 is 5.42. The molecule has 2 aromatic rings. The average molecular weight is 305 g/mol. The van der Waals surface area contributed by atoms with Gasteiger partial charge in [0.25, 0.3) is 0 Å². The van der Waals surface area contributed by atoms with Crippen LogP contribution in [0.15, 0.2) is 23.6 Å². The highest BCUT2D eigenvalue weighted by Crippen LogP contribution is 2.33. The molecule has 1 unspecified atom stereocenters. The minimum atomic E-state index is -0.856. The predicted molar refractivity (Wildman–Crippen MR) is 84.1 cm³/mol. The van der Waals surface area contributed by atoms with E-state index in [4.69, 9.17) is 9.84 Å². The monoisotopic (exact) mass is 305 g/mol. The minimum absolute atomic E-state index is 0.0287. The Kier molecular flexibility index (Phi) is 4.96. The third-order valence-electron chi connectivity index (χ3n) is 3.52. The highest BCUT2D eigenvalue weighted by Gasteiger charge is 2.13. The number of hydrogen-bond donors (Lipinski definition) is 1. The maximum Gasteiger partial charge on any atom is 0.310 e. The van der Waals surface area contributed by atoms with E-state index < -0.39 is 5.97 Å². The van der Waals surface area contributed by atoms with E-state index >= 15 is 0 Å². The lowest BCUT2D eigenvalue weighted by molar-refractivity contribution is -0.136. The maximum atomic E-state index is 10.7. The van der Waals surface area contributed by atoms with Crippen LogP contribution in [0.25, 0.3) is 11.3 Å². The van der Waals surface area contributed by atoms with E-state index in [2.05, 4.69) is 24.9 Å². The molecule has 0 amide bonds. The minimum Gasteiger partial charge on any atom is -0.496 e. The van der Waals surface area contributed by atoms with Gasteiger partial charge in [0.15, 0.2) is 0 Å². The average Bonchev–Trinajstić information content (AvgIpc) is 2.93. The van der Waals surface area contributed by atoms with Crippen molar-refractivity contribution in [2.24, 2.45) is 0 Å². The SMILES string of the molecule is CCC(C)c1cc(-c2csc(CC(=O)O)n2)ccc1OC. The van der Waals surface area contributed by atoms with E-state index in [0.717, 1.165) is 29.0 Å². The van der Waals surface area contributed by atoms with Crippen LogP contribution in [0, 0.1) is 0 Å². The lowest BCUT2D eigenvalue weighted by atomic mass is 9.95. The van der Waals surface area contributed by atoms with Gasteiger partial charge >= 0.3 is 5.97 Å². The van der Waals surface area contributed by atoms with Gasteiger partial charge in [-0.2, -0.15) is 0 Å². The lowest BCUT2D eigenvalue weighted by Crippen LogP contribution is -1.99. The Morgan fingerprint density at radius 3 is 2.86 bits per heavy atom. The molecule has 21 heavy (non-hydrogen) atoms. The molecule has 4 nitrogen and oxygen atoms in total. The van der Waals surface area contributed by atoms with Gasteiger partial charge in [-0.25, -0.2) is 4.98 Å². The molecule has 112 valence electrons. The first-order valence-electron chi connectivity index (χ1n) is 6.89. The maximum absolute atomic E-state index is 10.7. The molecule has 0 bridgehead atoms.